The molecule has 5 rings (SSSR count). The Morgan fingerprint density at radius 3 is 2.14 bits per heavy atom. The Bertz CT molecular complexity index is 1040. The largest absolute Gasteiger partial charge is 0.481 e. The average molecular weight is 519 g/mol. The Hall–Kier alpha value is -1.44. The number of hydrogen-bond donors (Lipinski definition) is 5. The smallest absolute Gasteiger partial charge is 0.310 e. The van der Waals surface area contributed by atoms with E-state index in [4.69, 9.17) is 0 Å². The molecule has 4 fully saturated rings. The molecule has 0 aliphatic heterocycles. The molecule has 37 heavy (non-hydrogen) atoms. The van der Waals surface area contributed by atoms with E-state index in [1.54, 1.807) is 6.92 Å². The van der Waals surface area contributed by atoms with Crippen molar-refractivity contribution >= 4 is 11.9 Å². The van der Waals surface area contributed by atoms with E-state index in [-0.39, 0.29) is 40.6 Å². The van der Waals surface area contributed by atoms with Gasteiger partial charge in [0.15, 0.2) is 0 Å². The number of carbonyl (C=O) groups is 2. The van der Waals surface area contributed by atoms with E-state index in [1.165, 1.54) is 0 Å². The summed E-state index contributed by atoms with van der Waals surface area (Å²) in [7, 11) is 0. The average Bonchev–Trinajstić information content (AvgIpc) is 2.82. The molecule has 7 heteroatoms. The third-order valence-corrected chi connectivity index (χ3v) is 13.4. The van der Waals surface area contributed by atoms with Crippen molar-refractivity contribution in [2.24, 2.45) is 50.2 Å². The lowest BCUT2D eigenvalue weighted by atomic mass is 9.33. The number of aliphatic hydroxyl groups is 3. The molecule has 5 aliphatic rings. The molecule has 0 spiro atoms. The summed E-state index contributed by atoms with van der Waals surface area (Å²) in [5.74, 6) is -1.67. The predicted molar refractivity (Wildman–Crippen MR) is 137 cm³/mol. The van der Waals surface area contributed by atoms with E-state index in [0.29, 0.717) is 32.1 Å². The summed E-state index contributed by atoms with van der Waals surface area (Å²) >= 11 is 0. The van der Waals surface area contributed by atoms with Gasteiger partial charge in [0.2, 0.25) is 0 Å². The number of rotatable bonds is 3. The Kier molecular flexibility index (Phi) is 5.90. The van der Waals surface area contributed by atoms with Crippen LogP contribution < -0.4 is 0 Å². The van der Waals surface area contributed by atoms with Crippen molar-refractivity contribution in [1.82, 2.24) is 0 Å². The molecule has 0 amide bonds. The molecule has 0 bridgehead atoms. The van der Waals surface area contributed by atoms with Crippen LogP contribution in [0.15, 0.2) is 11.6 Å². The number of allylic oxidation sites excluding steroid dienone is 2. The van der Waals surface area contributed by atoms with Crippen LogP contribution in [-0.2, 0) is 9.59 Å². The maximum absolute atomic E-state index is 12.8. The van der Waals surface area contributed by atoms with Crippen molar-refractivity contribution < 1.29 is 35.1 Å². The van der Waals surface area contributed by atoms with Gasteiger partial charge in [-0.25, -0.2) is 0 Å². The third kappa shape index (κ3) is 3.17. The summed E-state index contributed by atoms with van der Waals surface area (Å²) in [6.07, 6.45) is 5.76. The molecule has 0 aromatic rings. The highest BCUT2D eigenvalue weighted by Gasteiger charge is 2.71. The van der Waals surface area contributed by atoms with Gasteiger partial charge in [-0.1, -0.05) is 39.3 Å². The van der Waals surface area contributed by atoms with Gasteiger partial charge in [-0.05, 0) is 98.7 Å². The Morgan fingerprint density at radius 1 is 0.892 bits per heavy atom. The first kappa shape index (κ1) is 27.1. The van der Waals surface area contributed by atoms with Crippen LogP contribution in [0.2, 0.25) is 0 Å². The van der Waals surface area contributed by atoms with Crippen molar-refractivity contribution in [3.8, 4) is 0 Å². The molecule has 0 aromatic carbocycles. The lowest BCUT2D eigenvalue weighted by Gasteiger charge is -2.71. The van der Waals surface area contributed by atoms with Crippen LogP contribution in [0.1, 0.15) is 92.4 Å². The molecule has 0 saturated heterocycles. The zero-order chi connectivity index (χ0) is 27.4. The lowest BCUT2D eigenvalue weighted by Crippen LogP contribution is -2.68. The molecule has 208 valence electrons. The first-order valence-corrected chi connectivity index (χ1v) is 14.2. The SMILES string of the molecule is C[C@]1(C(=O)O)CC[C@]2(C(=O)O)CC[C@]3(C)C(=CC[C@@H]4[C@@]5(C)C[C@H](O)[C@H](O)[C@@](C)(CO)C5CC[C@]43C)[C@@H]2C1. The fourth-order valence-corrected chi connectivity index (χ4v) is 10.8. The molecule has 11 atom stereocenters. The van der Waals surface area contributed by atoms with E-state index in [0.717, 1.165) is 31.3 Å². The molecule has 0 radical (unpaired) electrons. The van der Waals surface area contributed by atoms with Gasteiger partial charge < -0.3 is 25.5 Å². The second-order valence-electron chi connectivity index (χ2n) is 14.8. The monoisotopic (exact) mass is 518 g/mol. The van der Waals surface area contributed by atoms with Crippen molar-refractivity contribution in [3.05, 3.63) is 11.6 Å². The minimum absolute atomic E-state index is 0.0618. The summed E-state index contributed by atoms with van der Waals surface area (Å²) in [6, 6.07) is 0. The molecule has 4 saturated carbocycles. The van der Waals surface area contributed by atoms with Gasteiger partial charge in [-0.2, -0.15) is 0 Å². The van der Waals surface area contributed by atoms with Crippen LogP contribution in [0.25, 0.3) is 0 Å². The van der Waals surface area contributed by atoms with Crippen LogP contribution in [0.4, 0.5) is 0 Å². The normalized spacial score (nSPS) is 55.1. The molecular formula is C30H46O7. The van der Waals surface area contributed by atoms with Gasteiger partial charge >= 0.3 is 11.9 Å². The fraction of sp³-hybridized carbons (Fsp3) is 0.867. The van der Waals surface area contributed by atoms with Gasteiger partial charge in [0.1, 0.15) is 0 Å². The maximum Gasteiger partial charge on any atom is 0.310 e. The number of carboxylic acid groups (broad SMARTS) is 2. The second kappa shape index (κ2) is 8.04. The summed E-state index contributed by atoms with van der Waals surface area (Å²) in [5, 5.41) is 52.9. The van der Waals surface area contributed by atoms with Gasteiger partial charge in [0, 0.05) is 5.41 Å². The van der Waals surface area contributed by atoms with E-state index < -0.39 is 40.4 Å². The Balaban J connectivity index is 1.61. The minimum Gasteiger partial charge on any atom is -0.481 e. The van der Waals surface area contributed by atoms with Crippen molar-refractivity contribution in [1.29, 1.82) is 0 Å². The number of carboxylic acids is 2. The van der Waals surface area contributed by atoms with Crippen molar-refractivity contribution in [3.63, 3.8) is 0 Å². The summed E-state index contributed by atoms with van der Waals surface area (Å²) in [4.78, 5) is 25.1. The molecule has 7 nitrogen and oxygen atoms in total. The molecule has 0 heterocycles. The van der Waals surface area contributed by atoms with Crippen LogP contribution in [-0.4, -0.2) is 56.3 Å². The van der Waals surface area contributed by atoms with Crippen molar-refractivity contribution in [2.45, 2.75) is 105 Å². The highest BCUT2D eigenvalue weighted by molar-refractivity contribution is 5.79. The molecule has 0 aromatic heterocycles. The second-order valence-corrected chi connectivity index (χ2v) is 14.8. The number of aliphatic hydroxyl groups excluding tert-OH is 3. The Labute approximate surface area is 220 Å². The highest BCUT2D eigenvalue weighted by atomic mass is 16.4. The van der Waals surface area contributed by atoms with E-state index >= 15 is 0 Å². The van der Waals surface area contributed by atoms with Gasteiger partial charge in [0.25, 0.3) is 0 Å². The first-order valence-electron chi connectivity index (χ1n) is 14.2. The van der Waals surface area contributed by atoms with Gasteiger partial charge in [-0.15, -0.1) is 0 Å². The number of fused-ring (bicyclic) bond motifs is 7. The maximum atomic E-state index is 12.8. The van der Waals surface area contributed by atoms with Crippen LogP contribution >= 0.6 is 0 Å². The molecule has 1 unspecified atom stereocenters. The van der Waals surface area contributed by atoms with E-state index in [9.17, 15) is 35.1 Å². The quantitative estimate of drug-likeness (QED) is 0.353. The summed E-state index contributed by atoms with van der Waals surface area (Å²) in [5.41, 5.74) is -2.21. The zero-order valence-corrected chi connectivity index (χ0v) is 23.1. The van der Waals surface area contributed by atoms with Crippen molar-refractivity contribution in [2.75, 3.05) is 6.61 Å². The van der Waals surface area contributed by atoms with Crippen LogP contribution in [0.3, 0.4) is 0 Å². The number of aliphatic carboxylic acids is 2. The van der Waals surface area contributed by atoms with E-state index in [2.05, 4.69) is 26.8 Å². The topological polar surface area (TPSA) is 135 Å². The highest BCUT2D eigenvalue weighted by Crippen LogP contribution is 2.75. The summed E-state index contributed by atoms with van der Waals surface area (Å²) < 4.78 is 0. The number of hydrogen-bond acceptors (Lipinski definition) is 5. The first-order chi connectivity index (χ1) is 17.1. The van der Waals surface area contributed by atoms with Crippen LogP contribution in [0, 0.1) is 50.2 Å². The van der Waals surface area contributed by atoms with E-state index in [1.807, 2.05) is 6.92 Å². The van der Waals surface area contributed by atoms with Gasteiger partial charge in [0.05, 0.1) is 29.6 Å². The third-order valence-electron chi connectivity index (χ3n) is 13.4. The minimum atomic E-state index is -0.966. The van der Waals surface area contributed by atoms with Gasteiger partial charge in [-0.3, -0.25) is 9.59 Å². The Morgan fingerprint density at radius 2 is 1.54 bits per heavy atom. The standard InChI is InChI=1S/C30H46O7/c1-25(23(34)35)10-12-30(24(36)37)13-11-28(4)17(18(30)14-25)6-7-21-26(2)15-19(32)22(33)27(3,16-31)20(26)8-9-29(21,28)5/h6,18-22,31-33H,7-16H2,1-5H3,(H,34,35)(H,36,37)/t18-,19-,20?,21+,22-,25-,26-,27-,28+,29+,30-/m0/s1. The molecule has 5 N–H and O–H groups in total. The summed E-state index contributed by atoms with van der Waals surface area (Å²) in [6.45, 7) is 10.4. The fourth-order valence-electron chi connectivity index (χ4n) is 10.8. The lowest BCUT2D eigenvalue weighted by molar-refractivity contribution is -0.243. The zero-order valence-electron chi connectivity index (χ0n) is 23.1. The molecule has 5 aliphatic carbocycles. The predicted octanol–water partition coefficient (Wildman–Crippen LogP) is 4.24. The van der Waals surface area contributed by atoms with Crippen LogP contribution in [0.5, 0.6) is 0 Å². The molecular weight excluding hydrogens is 472 g/mol.